The number of carboxylic acids is 1. The highest BCUT2D eigenvalue weighted by atomic mass is 16.4. The van der Waals surface area contributed by atoms with E-state index >= 15 is 0 Å². The van der Waals surface area contributed by atoms with Gasteiger partial charge in [-0.05, 0) is 48.0 Å². The lowest BCUT2D eigenvalue weighted by Crippen LogP contribution is -2.31. The zero-order chi connectivity index (χ0) is 22.8. The molecule has 0 fully saturated rings. The van der Waals surface area contributed by atoms with Crippen molar-refractivity contribution in [1.82, 2.24) is 9.97 Å². The summed E-state index contributed by atoms with van der Waals surface area (Å²) in [4.78, 5) is 52.9. The van der Waals surface area contributed by atoms with Gasteiger partial charge in [-0.15, -0.1) is 0 Å². The topological polar surface area (TPSA) is 157 Å². The van der Waals surface area contributed by atoms with Gasteiger partial charge in [0.25, 0.3) is 5.91 Å². The van der Waals surface area contributed by atoms with Crippen LogP contribution < -0.4 is 11.0 Å². The van der Waals surface area contributed by atoms with Crippen molar-refractivity contribution >= 4 is 50.8 Å². The van der Waals surface area contributed by atoms with E-state index in [-0.39, 0.29) is 16.9 Å². The van der Waals surface area contributed by atoms with E-state index in [0.717, 1.165) is 5.39 Å². The van der Waals surface area contributed by atoms with Crippen LogP contribution in [0.15, 0.2) is 69.6 Å². The number of amides is 1. The lowest BCUT2D eigenvalue weighted by Gasteiger charge is -2.10. The van der Waals surface area contributed by atoms with Crippen molar-refractivity contribution in [3.63, 3.8) is 0 Å². The Morgan fingerprint density at radius 3 is 2.34 bits per heavy atom. The molecule has 10 nitrogen and oxygen atoms in total. The predicted octanol–water partition coefficient (Wildman–Crippen LogP) is 3.39. The van der Waals surface area contributed by atoms with Crippen molar-refractivity contribution in [3.05, 3.63) is 70.6 Å². The second-order valence-electron chi connectivity index (χ2n) is 7.08. The van der Waals surface area contributed by atoms with E-state index in [2.05, 4.69) is 25.5 Å². The average Bonchev–Trinajstić information content (AvgIpc) is 3.12. The standard InChI is InChI=1S/C22H17N5O5/c1-11(28)19(20(29)23-14-6-7-16-18(10-14)25-22(32)24-16)27-26-17-9-13-5-3-2-4-12(13)8-15(17)21(30)31/h2-10,19H,1H3,(H,23,29)(H,30,31)(H2,24,25,32). The van der Waals surface area contributed by atoms with E-state index in [4.69, 9.17) is 0 Å². The van der Waals surface area contributed by atoms with Crippen molar-refractivity contribution in [1.29, 1.82) is 0 Å². The Balaban J connectivity index is 1.63. The van der Waals surface area contributed by atoms with E-state index in [9.17, 15) is 24.3 Å². The Hall–Kier alpha value is -4.60. The highest BCUT2D eigenvalue weighted by Gasteiger charge is 2.24. The third kappa shape index (κ3) is 4.15. The lowest BCUT2D eigenvalue weighted by atomic mass is 10.1. The minimum Gasteiger partial charge on any atom is -0.478 e. The maximum Gasteiger partial charge on any atom is 0.337 e. The van der Waals surface area contributed by atoms with Crippen molar-refractivity contribution in [3.8, 4) is 0 Å². The highest BCUT2D eigenvalue weighted by molar-refractivity contribution is 6.10. The number of benzene rings is 3. The van der Waals surface area contributed by atoms with Gasteiger partial charge in [-0.25, -0.2) is 9.59 Å². The molecule has 10 heteroatoms. The number of nitrogens with zero attached hydrogens (tertiary/aromatic N) is 2. The molecule has 0 saturated heterocycles. The van der Waals surface area contributed by atoms with Crippen LogP contribution in [0.5, 0.6) is 0 Å². The van der Waals surface area contributed by atoms with Crippen LogP contribution in [0.4, 0.5) is 11.4 Å². The van der Waals surface area contributed by atoms with Gasteiger partial charge in [0.05, 0.1) is 16.6 Å². The average molecular weight is 431 g/mol. The molecule has 4 N–H and O–H groups in total. The number of H-pyrrole nitrogens is 2. The molecule has 3 aromatic carbocycles. The Labute approximate surface area is 180 Å². The smallest absolute Gasteiger partial charge is 0.337 e. The molecule has 4 aromatic rings. The quantitative estimate of drug-likeness (QED) is 0.272. The number of azo groups is 1. The normalized spacial score (nSPS) is 12.3. The number of ketones is 1. The highest BCUT2D eigenvalue weighted by Crippen LogP contribution is 2.27. The predicted molar refractivity (Wildman–Crippen MR) is 117 cm³/mol. The number of anilines is 1. The van der Waals surface area contributed by atoms with E-state index in [1.165, 1.54) is 25.1 Å². The fourth-order valence-corrected chi connectivity index (χ4v) is 3.24. The molecule has 0 aliphatic heterocycles. The van der Waals surface area contributed by atoms with Crippen molar-refractivity contribution in [2.75, 3.05) is 5.32 Å². The summed E-state index contributed by atoms with van der Waals surface area (Å²) in [5, 5.41) is 21.3. The van der Waals surface area contributed by atoms with Crippen LogP contribution in [0.2, 0.25) is 0 Å². The minimum atomic E-state index is -1.48. The SMILES string of the molecule is CC(=O)C(N=Nc1cc2ccccc2cc1C(=O)O)C(=O)Nc1ccc2[nH]c(=O)[nH]c2c1. The summed E-state index contributed by atoms with van der Waals surface area (Å²) in [6.07, 6.45) is 0. The maximum atomic E-state index is 12.7. The summed E-state index contributed by atoms with van der Waals surface area (Å²) in [5.41, 5.74) is 0.933. The van der Waals surface area contributed by atoms with E-state index in [1.54, 1.807) is 36.4 Å². The van der Waals surface area contributed by atoms with Crippen LogP contribution in [0.25, 0.3) is 21.8 Å². The fraction of sp³-hybridized carbons (Fsp3) is 0.0909. The molecule has 0 saturated carbocycles. The number of aromatic carboxylic acids is 1. The van der Waals surface area contributed by atoms with Crippen LogP contribution in [-0.4, -0.2) is 38.8 Å². The van der Waals surface area contributed by atoms with Gasteiger partial charge in [0.1, 0.15) is 5.69 Å². The second-order valence-corrected chi connectivity index (χ2v) is 7.08. The Bertz CT molecular complexity index is 1470. The summed E-state index contributed by atoms with van der Waals surface area (Å²) in [5.74, 6) is -2.52. The van der Waals surface area contributed by atoms with E-state index < -0.39 is 23.7 Å². The first-order valence-electron chi connectivity index (χ1n) is 9.52. The summed E-state index contributed by atoms with van der Waals surface area (Å²) in [7, 11) is 0. The molecule has 0 aliphatic carbocycles. The minimum absolute atomic E-state index is 0.0292. The Morgan fingerprint density at radius 2 is 1.66 bits per heavy atom. The fourth-order valence-electron chi connectivity index (χ4n) is 3.24. The van der Waals surface area contributed by atoms with Gasteiger partial charge in [0.15, 0.2) is 5.78 Å². The molecule has 1 heterocycles. The number of hydrogen-bond donors (Lipinski definition) is 4. The van der Waals surface area contributed by atoms with Crippen LogP contribution in [0, 0.1) is 0 Å². The summed E-state index contributed by atoms with van der Waals surface area (Å²) in [6, 6.07) is 13.3. The molecule has 1 amide bonds. The number of hydrogen-bond acceptors (Lipinski definition) is 6. The molecule has 0 bridgehead atoms. The molecule has 1 aromatic heterocycles. The molecular formula is C22H17N5O5. The third-order valence-electron chi connectivity index (χ3n) is 4.79. The van der Waals surface area contributed by atoms with E-state index in [1.807, 2.05) is 0 Å². The molecular weight excluding hydrogens is 414 g/mol. The summed E-state index contributed by atoms with van der Waals surface area (Å²) < 4.78 is 0. The molecule has 1 unspecified atom stereocenters. The molecule has 160 valence electrons. The number of nitrogens with one attached hydrogen (secondary N) is 3. The largest absolute Gasteiger partial charge is 0.478 e. The number of carbonyl (C=O) groups excluding carboxylic acids is 2. The van der Waals surface area contributed by atoms with Crippen LogP contribution in [0.3, 0.4) is 0 Å². The number of aromatic amines is 2. The second kappa shape index (κ2) is 8.26. The van der Waals surface area contributed by atoms with Gasteiger partial charge < -0.3 is 20.4 Å². The molecule has 0 aliphatic rings. The van der Waals surface area contributed by atoms with E-state index in [0.29, 0.717) is 22.1 Å². The van der Waals surface area contributed by atoms with Gasteiger partial charge in [-0.3, -0.25) is 9.59 Å². The van der Waals surface area contributed by atoms with Crippen LogP contribution in [0.1, 0.15) is 17.3 Å². The Morgan fingerprint density at radius 1 is 0.969 bits per heavy atom. The van der Waals surface area contributed by atoms with Gasteiger partial charge in [-0.1, -0.05) is 24.3 Å². The van der Waals surface area contributed by atoms with Gasteiger partial charge in [0, 0.05) is 5.69 Å². The zero-order valence-corrected chi connectivity index (χ0v) is 16.7. The molecule has 0 radical (unpaired) electrons. The zero-order valence-electron chi connectivity index (χ0n) is 16.7. The number of imidazole rings is 1. The number of carboxylic acid groups (broad SMARTS) is 1. The van der Waals surface area contributed by atoms with Crippen LogP contribution >= 0.6 is 0 Å². The molecule has 32 heavy (non-hydrogen) atoms. The Kier molecular flexibility index (Phi) is 5.34. The number of aromatic nitrogens is 2. The first-order valence-corrected chi connectivity index (χ1v) is 9.52. The van der Waals surface area contributed by atoms with Gasteiger partial charge >= 0.3 is 11.7 Å². The monoisotopic (exact) mass is 431 g/mol. The number of rotatable bonds is 6. The number of fused-ring (bicyclic) bond motifs is 2. The first kappa shape index (κ1) is 20.7. The first-order chi connectivity index (χ1) is 15.3. The molecule has 1 atom stereocenters. The number of carbonyl (C=O) groups is 3. The van der Waals surface area contributed by atoms with Gasteiger partial charge in [0.2, 0.25) is 6.04 Å². The molecule has 0 spiro atoms. The molecule has 4 rings (SSSR count). The van der Waals surface area contributed by atoms with Crippen molar-refractivity contribution in [2.45, 2.75) is 13.0 Å². The third-order valence-corrected chi connectivity index (χ3v) is 4.79. The lowest BCUT2D eigenvalue weighted by molar-refractivity contribution is -0.126. The van der Waals surface area contributed by atoms with Crippen molar-refractivity contribution in [2.24, 2.45) is 10.2 Å². The van der Waals surface area contributed by atoms with Gasteiger partial charge in [-0.2, -0.15) is 10.2 Å². The maximum absolute atomic E-state index is 12.7. The summed E-state index contributed by atoms with van der Waals surface area (Å²) >= 11 is 0. The summed E-state index contributed by atoms with van der Waals surface area (Å²) in [6.45, 7) is 1.19. The number of Topliss-reactive ketones (excluding diaryl/α,β-unsaturated/α-hetero) is 1. The van der Waals surface area contributed by atoms with Crippen molar-refractivity contribution < 1.29 is 19.5 Å². The van der Waals surface area contributed by atoms with Crippen LogP contribution in [-0.2, 0) is 9.59 Å².